The van der Waals surface area contributed by atoms with E-state index in [9.17, 15) is 0 Å². The van der Waals surface area contributed by atoms with Crippen LogP contribution in [0, 0.1) is 0 Å². The number of hydrogen-bond acceptors (Lipinski definition) is 3. The van der Waals surface area contributed by atoms with Gasteiger partial charge in [-0.15, -0.1) is 29.7 Å². The van der Waals surface area contributed by atoms with Crippen LogP contribution in [0.15, 0.2) is 42.5 Å². The van der Waals surface area contributed by atoms with E-state index in [0.717, 1.165) is 0 Å². The van der Waals surface area contributed by atoms with Gasteiger partial charge >= 0.3 is 25.8 Å². The molecule has 3 nitrogen and oxygen atoms in total. The standard InChI is InChI=1S/C9H7.3C2H3O.Hf/c1-2-5-9-7-3-6-8(9)4-1;3*1-2-3;/h1-7H;3*1H3;/q4*-1;+4. The van der Waals surface area contributed by atoms with Gasteiger partial charge in [-0.05, 0) is 0 Å². The van der Waals surface area contributed by atoms with Crippen LogP contribution in [0.25, 0.3) is 10.8 Å². The van der Waals surface area contributed by atoms with Gasteiger partial charge in [0.25, 0.3) is 0 Å². The monoisotopic (exact) mass is 424 g/mol. The van der Waals surface area contributed by atoms with E-state index in [4.69, 9.17) is 14.4 Å². The molecule has 2 aromatic carbocycles. The molecule has 0 saturated carbocycles. The second-order valence-corrected chi connectivity index (χ2v) is 2.77. The predicted molar refractivity (Wildman–Crippen MR) is 73.6 cm³/mol. The summed E-state index contributed by atoms with van der Waals surface area (Å²) in [5.41, 5.74) is 0. The van der Waals surface area contributed by atoms with Gasteiger partial charge in [-0.25, -0.2) is 0 Å². The summed E-state index contributed by atoms with van der Waals surface area (Å²) in [7, 11) is 0. The third-order valence-corrected chi connectivity index (χ3v) is 1.55. The van der Waals surface area contributed by atoms with Crippen molar-refractivity contribution in [2.75, 3.05) is 0 Å². The van der Waals surface area contributed by atoms with Crippen molar-refractivity contribution < 1.29 is 40.2 Å². The van der Waals surface area contributed by atoms with Crippen LogP contribution in [0.5, 0.6) is 0 Å². The molecular weight excluding hydrogens is 407 g/mol. The zero-order valence-corrected chi connectivity index (χ0v) is 14.9. The van der Waals surface area contributed by atoms with Crippen molar-refractivity contribution in [1.82, 2.24) is 0 Å². The zero-order chi connectivity index (χ0) is 14.2. The number of rotatable bonds is 0. The fourth-order valence-corrected chi connectivity index (χ4v) is 1.07. The summed E-state index contributed by atoms with van der Waals surface area (Å²) < 4.78 is 0. The van der Waals surface area contributed by atoms with Gasteiger partial charge in [-0.2, -0.15) is 38.3 Å². The minimum Gasteiger partial charge on any atom is -0.542 e. The molecule has 4 heteroatoms. The Morgan fingerprint density at radius 2 is 1.26 bits per heavy atom. The van der Waals surface area contributed by atoms with Gasteiger partial charge in [0, 0.05) is 0 Å². The molecule has 0 fully saturated rings. The Morgan fingerprint density at radius 3 is 1.68 bits per heavy atom. The van der Waals surface area contributed by atoms with Crippen molar-refractivity contribution in [2.45, 2.75) is 20.8 Å². The number of hydrogen-bond donors (Lipinski definition) is 0. The topological polar surface area (TPSA) is 51.2 Å². The van der Waals surface area contributed by atoms with Crippen LogP contribution in [-0.4, -0.2) is 18.9 Å². The Labute approximate surface area is 133 Å². The molecule has 19 heavy (non-hydrogen) atoms. The first-order valence-electron chi connectivity index (χ1n) is 5.18. The van der Waals surface area contributed by atoms with E-state index in [-0.39, 0.29) is 25.8 Å². The molecule has 0 aliphatic rings. The quantitative estimate of drug-likeness (QED) is 0.484. The largest absolute Gasteiger partial charge is 4.00 e. The molecule has 0 N–H and O–H groups in total. The van der Waals surface area contributed by atoms with E-state index in [2.05, 4.69) is 42.5 Å². The Balaban J connectivity index is -0.000000220. The summed E-state index contributed by atoms with van der Waals surface area (Å²) in [6, 6.07) is 14.7. The Bertz CT molecular complexity index is 391. The molecule has 0 saturated heterocycles. The first-order chi connectivity index (χ1) is 8.71. The van der Waals surface area contributed by atoms with Crippen molar-refractivity contribution in [3.8, 4) is 0 Å². The smallest absolute Gasteiger partial charge is 0.542 e. The van der Waals surface area contributed by atoms with Crippen molar-refractivity contribution >= 4 is 29.6 Å². The number of fused-ring (bicyclic) bond motifs is 1. The summed E-state index contributed by atoms with van der Waals surface area (Å²) in [4.78, 5) is 26.0. The molecule has 0 aliphatic carbocycles. The fraction of sp³-hybridized carbons (Fsp3) is 0.200. The molecule has 0 bridgehead atoms. The Hall–Kier alpha value is -1.29. The van der Waals surface area contributed by atoms with Gasteiger partial charge < -0.3 is 14.4 Å². The summed E-state index contributed by atoms with van der Waals surface area (Å²) in [5, 5.41) is 2.66. The van der Waals surface area contributed by atoms with Crippen LogP contribution in [0.1, 0.15) is 20.8 Å². The third-order valence-electron chi connectivity index (χ3n) is 1.55. The minimum atomic E-state index is 0. The van der Waals surface area contributed by atoms with Crippen molar-refractivity contribution in [2.24, 2.45) is 0 Å². The summed E-state index contributed by atoms with van der Waals surface area (Å²) >= 11 is 0. The average Bonchev–Trinajstić information content (AvgIpc) is 2.80. The third kappa shape index (κ3) is 14.7. The summed E-state index contributed by atoms with van der Waals surface area (Å²) in [6.07, 6.45) is 4.50. The molecule has 0 unspecified atom stereocenters. The summed E-state index contributed by atoms with van der Waals surface area (Å²) in [5.74, 6) is 0. The summed E-state index contributed by atoms with van der Waals surface area (Å²) in [6.45, 7) is 3.96. The molecular formula is C15H16HfO3. The number of carbonyl (C=O) groups excluding carboxylic acids is 3. The van der Waals surface area contributed by atoms with Crippen molar-refractivity contribution in [1.29, 1.82) is 0 Å². The average molecular weight is 423 g/mol. The van der Waals surface area contributed by atoms with E-state index in [0.29, 0.717) is 0 Å². The van der Waals surface area contributed by atoms with Crippen LogP contribution < -0.4 is 0 Å². The first kappa shape index (κ1) is 22.9. The van der Waals surface area contributed by atoms with E-state index in [1.165, 1.54) is 50.4 Å². The maximum atomic E-state index is 8.68. The van der Waals surface area contributed by atoms with Gasteiger partial charge in [-0.1, -0.05) is 6.07 Å². The fourth-order valence-electron chi connectivity index (χ4n) is 1.07. The molecule has 2 rings (SSSR count). The van der Waals surface area contributed by atoms with Gasteiger partial charge in [0.1, 0.15) is 0 Å². The van der Waals surface area contributed by atoms with Gasteiger partial charge in [0.2, 0.25) is 0 Å². The van der Waals surface area contributed by atoms with Crippen LogP contribution >= 0.6 is 0 Å². The minimum absolute atomic E-state index is 0. The van der Waals surface area contributed by atoms with Gasteiger partial charge in [0.15, 0.2) is 0 Å². The van der Waals surface area contributed by atoms with Crippen LogP contribution in [0.4, 0.5) is 0 Å². The normalized spacial score (nSPS) is 6.89. The van der Waals surface area contributed by atoms with E-state index >= 15 is 0 Å². The van der Waals surface area contributed by atoms with Crippen LogP contribution in [-0.2, 0) is 40.2 Å². The zero-order valence-electron chi connectivity index (χ0n) is 11.3. The van der Waals surface area contributed by atoms with Gasteiger partial charge in [-0.3, -0.25) is 18.9 Å². The maximum Gasteiger partial charge on any atom is 4.00 e. The molecule has 0 spiro atoms. The second kappa shape index (κ2) is 19.1. The van der Waals surface area contributed by atoms with Crippen molar-refractivity contribution in [3.05, 3.63) is 42.5 Å². The van der Waals surface area contributed by atoms with Crippen molar-refractivity contribution in [3.63, 3.8) is 0 Å². The van der Waals surface area contributed by atoms with Crippen LogP contribution in [0.2, 0.25) is 0 Å². The Morgan fingerprint density at radius 1 is 0.842 bits per heavy atom. The van der Waals surface area contributed by atoms with E-state index < -0.39 is 0 Å². The number of benzene rings is 1. The molecule has 0 radical (unpaired) electrons. The van der Waals surface area contributed by atoms with E-state index in [1.807, 2.05) is 0 Å². The first-order valence-corrected chi connectivity index (χ1v) is 5.18. The Kier molecular flexibility index (Phi) is 22.9. The van der Waals surface area contributed by atoms with E-state index in [1.54, 1.807) is 0 Å². The molecule has 2 aromatic rings. The SMILES string of the molecule is C[C-]=O.C[C-]=O.C[C-]=O.[Hf+4].c1ccc2[cH-]ccc2c1. The molecule has 0 aliphatic heterocycles. The van der Waals surface area contributed by atoms with Gasteiger partial charge in [0.05, 0.1) is 0 Å². The molecule has 0 atom stereocenters. The molecule has 0 heterocycles. The predicted octanol–water partition coefficient (Wildman–Crippen LogP) is 2.90. The second-order valence-electron chi connectivity index (χ2n) is 2.77. The molecule has 0 aromatic heterocycles. The van der Waals surface area contributed by atoms with Crippen LogP contribution in [0.3, 0.4) is 0 Å². The molecule has 98 valence electrons. The molecule has 0 amide bonds. The maximum absolute atomic E-state index is 8.68.